The standard InChI is InChI=1S/C8H9N3OS/c1-6-3-4-7-5-9-8(13(2)12)10-11(6)7/h3-5H,1-2H3. The first-order valence-electron chi connectivity index (χ1n) is 3.83. The first-order valence-corrected chi connectivity index (χ1v) is 5.39. The summed E-state index contributed by atoms with van der Waals surface area (Å²) in [4.78, 5) is 3.99. The summed E-state index contributed by atoms with van der Waals surface area (Å²) in [6.45, 7) is 1.95. The molecule has 2 aromatic rings. The van der Waals surface area contributed by atoms with Gasteiger partial charge in [-0.1, -0.05) is 0 Å². The molecule has 68 valence electrons. The van der Waals surface area contributed by atoms with E-state index in [1.54, 1.807) is 17.0 Å². The van der Waals surface area contributed by atoms with Crippen molar-refractivity contribution < 1.29 is 4.21 Å². The largest absolute Gasteiger partial charge is 0.251 e. The molecule has 0 radical (unpaired) electrons. The van der Waals surface area contributed by atoms with Crippen molar-refractivity contribution in [1.29, 1.82) is 0 Å². The lowest BCUT2D eigenvalue weighted by Gasteiger charge is -1.98. The molecule has 0 aliphatic carbocycles. The van der Waals surface area contributed by atoms with Gasteiger partial charge >= 0.3 is 0 Å². The fourth-order valence-corrected chi connectivity index (χ4v) is 1.55. The minimum absolute atomic E-state index is 0.367. The van der Waals surface area contributed by atoms with Crippen LogP contribution in [-0.4, -0.2) is 25.1 Å². The van der Waals surface area contributed by atoms with Gasteiger partial charge in [-0.2, -0.15) is 0 Å². The fourth-order valence-electron chi connectivity index (χ4n) is 1.15. The fraction of sp³-hybridized carbons (Fsp3) is 0.250. The van der Waals surface area contributed by atoms with Crippen LogP contribution in [0.25, 0.3) is 5.52 Å². The molecule has 13 heavy (non-hydrogen) atoms. The summed E-state index contributed by atoms with van der Waals surface area (Å²) >= 11 is 0. The van der Waals surface area contributed by atoms with Crippen molar-refractivity contribution in [3.63, 3.8) is 0 Å². The van der Waals surface area contributed by atoms with Crippen molar-refractivity contribution in [3.05, 3.63) is 24.0 Å². The molecule has 1 unspecified atom stereocenters. The number of nitrogens with zero attached hydrogens (tertiary/aromatic N) is 3. The maximum Gasteiger partial charge on any atom is 0.237 e. The molecular formula is C8H9N3OS. The molecule has 0 saturated heterocycles. The highest BCUT2D eigenvalue weighted by molar-refractivity contribution is 7.84. The average molecular weight is 195 g/mol. The molecule has 2 rings (SSSR count). The quantitative estimate of drug-likeness (QED) is 0.675. The first kappa shape index (κ1) is 8.37. The van der Waals surface area contributed by atoms with Crippen LogP contribution in [0.15, 0.2) is 23.5 Å². The van der Waals surface area contributed by atoms with E-state index < -0.39 is 10.8 Å². The number of hydrogen-bond donors (Lipinski definition) is 0. The Hall–Kier alpha value is -1.23. The lowest BCUT2D eigenvalue weighted by atomic mass is 10.5. The van der Waals surface area contributed by atoms with Crippen molar-refractivity contribution in [3.8, 4) is 0 Å². The SMILES string of the molecule is Cc1ccc2cnc(S(C)=O)nn12. The minimum Gasteiger partial charge on any atom is -0.251 e. The van der Waals surface area contributed by atoms with E-state index in [0.717, 1.165) is 11.2 Å². The van der Waals surface area contributed by atoms with Gasteiger partial charge in [0.2, 0.25) is 5.16 Å². The molecule has 0 amide bonds. The van der Waals surface area contributed by atoms with Crippen molar-refractivity contribution in [2.75, 3.05) is 6.26 Å². The monoisotopic (exact) mass is 195 g/mol. The molecule has 0 aliphatic rings. The molecule has 0 bridgehead atoms. The van der Waals surface area contributed by atoms with E-state index in [9.17, 15) is 4.21 Å². The van der Waals surface area contributed by atoms with Crippen LogP contribution in [0.4, 0.5) is 0 Å². The number of rotatable bonds is 1. The molecule has 0 aliphatic heterocycles. The third-order valence-electron chi connectivity index (χ3n) is 1.82. The van der Waals surface area contributed by atoms with Crippen LogP contribution in [-0.2, 0) is 10.8 Å². The van der Waals surface area contributed by atoms with Crippen LogP contribution in [0, 0.1) is 6.92 Å². The van der Waals surface area contributed by atoms with E-state index >= 15 is 0 Å². The van der Waals surface area contributed by atoms with Crippen LogP contribution in [0.2, 0.25) is 0 Å². The number of hydrogen-bond acceptors (Lipinski definition) is 3. The highest BCUT2D eigenvalue weighted by Crippen LogP contribution is 2.06. The zero-order valence-electron chi connectivity index (χ0n) is 7.39. The minimum atomic E-state index is -1.12. The maximum absolute atomic E-state index is 11.1. The van der Waals surface area contributed by atoms with Crippen LogP contribution >= 0.6 is 0 Å². The lowest BCUT2D eigenvalue weighted by Crippen LogP contribution is -2.03. The van der Waals surface area contributed by atoms with E-state index in [2.05, 4.69) is 10.1 Å². The summed E-state index contributed by atoms with van der Waals surface area (Å²) < 4.78 is 12.8. The molecule has 5 heteroatoms. The van der Waals surface area contributed by atoms with Crippen LogP contribution < -0.4 is 0 Å². The van der Waals surface area contributed by atoms with E-state index in [-0.39, 0.29) is 0 Å². The Bertz CT molecular complexity index is 477. The second-order valence-electron chi connectivity index (χ2n) is 2.81. The Kier molecular flexibility index (Phi) is 1.88. The number of aryl methyl sites for hydroxylation is 1. The molecule has 0 spiro atoms. The van der Waals surface area contributed by atoms with Gasteiger partial charge in [-0.05, 0) is 19.1 Å². The Morgan fingerprint density at radius 1 is 1.46 bits per heavy atom. The van der Waals surface area contributed by atoms with Gasteiger partial charge in [0.25, 0.3) is 0 Å². The zero-order chi connectivity index (χ0) is 9.42. The molecular weight excluding hydrogens is 186 g/mol. The predicted octanol–water partition coefficient (Wildman–Crippen LogP) is 0.775. The maximum atomic E-state index is 11.1. The smallest absolute Gasteiger partial charge is 0.237 e. The summed E-state index contributed by atoms with van der Waals surface area (Å²) in [7, 11) is -1.12. The van der Waals surface area contributed by atoms with Crippen LogP contribution in [0.5, 0.6) is 0 Å². The Balaban J connectivity index is 2.72. The summed E-state index contributed by atoms with van der Waals surface area (Å²) in [5, 5.41) is 4.51. The van der Waals surface area contributed by atoms with Gasteiger partial charge < -0.3 is 0 Å². The second kappa shape index (κ2) is 2.92. The van der Waals surface area contributed by atoms with Gasteiger partial charge in [-0.25, -0.2) is 9.50 Å². The van der Waals surface area contributed by atoms with E-state index in [1.165, 1.54) is 0 Å². The van der Waals surface area contributed by atoms with Crippen molar-refractivity contribution in [2.45, 2.75) is 12.1 Å². The Morgan fingerprint density at radius 2 is 2.23 bits per heavy atom. The zero-order valence-corrected chi connectivity index (χ0v) is 8.21. The van der Waals surface area contributed by atoms with Crippen molar-refractivity contribution in [2.24, 2.45) is 0 Å². The lowest BCUT2D eigenvalue weighted by molar-refractivity contribution is 0.670. The summed E-state index contributed by atoms with van der Waals surface area (Å²) in [6, 6.07) is 3.88. The third-order valence-corrected chi connectivity index (χ3v) is 2.53. The number of aromatic nitrogens is 3. The topological polar surface area (TPSA) is 47.3 Å². The van der Waals surface area contributed by atoms with Gasteiger partial charge in [-0.15, -0.1) is 5.10 Å². The van der Waals surface area contributed by atoms with Gasteiger partial charge in [0.05, 0.1) is 22.5 Å². The molecule has 4 nitrogen and oxygen atoms in total. The van der Waals surface area contributed by atoms with Crippen LogP contribution in [0.1, 0.15) is 5.69 Å². The van der Waals surface area contributed by atoms with E-state index in [1.807, 2.05) is 19.1 Å². The molecule has 0 fully saturated rings. The second-order valence-corrected chi connectivity index (χ2v) is 4.08. The molecule has 0 N–H and O–H groups in total. The summed E-state index contributed by atoms with van der Waals surface area (Å²) in [6.07, 6.45) is 3.25. The van der Waals surface area contributed by atoms with E-state index in [4.69, 9.17) is 0 Å². The highest BCUT2D eigenvalue weighted by atomic mass is 32.2. The van der Waals surface area contributed by atoms with Gasteiger partial charge in [-0.3, -0.25) is 4.21 Å². The number of fused-ring (bicyclic) bond motifs is 1. The van der Waals surface area contributed by atoms with Gasteiger partial charge in [0.1, 0.15) is 0 Å². The molecule has 2 heterocycles. The van der Waals surface area contributed by atoms with E-state index in [0.29, 0.717) is 5.16 Å². The Morgan fingerprint density at radius 3 is 2.92 bits per heavy atom. The summed E-state index contributed by atoms with van der Waals surface area (Å²) in [5.41, 5.74) is 1.94. The van der Waals surface area contributed by atoms with Crippen molar-refractivity contribution in [1.82, 2.24) is 14.6 Å². The summed E-state index contributed by atoms with van der Waals surface area (Å²) in [5.74, 6) is 0. The van der Waals surface area contributed by atoms with Crippen molar-refractivity contribution >= 4 is 16.3 Å². The highest BCUT2D eigenvalue weighted by Gasteiger charge is 2.04. The molecule has 0 aromatic carbocycles. The predicted molar refractivity (Wildman–Crippen MR) is 50.1 cm³/mol. The Labute approximate surface area is 78.1 Å². The molecule has 2 aromatic heterocycles. The van der Waals surface area contributed by atoms with Gasteiger partial charge in [0.15, 0.2) is 0 Å². The third kappa shape index (κ3) is 1.35. The first-order chi connectivity index (χ1) is 6.18. The molecule has 1 atom stereocenters. The van der Waals surface area contributed by atoms with Crippen LogP contribution in [0.3, 0.4) is 0 Å². The normalized spacial score (nSPS) is 13.4. The molecule has 0 saturated carbocycles. The van der Waals surface area contributed by atoms with Gasteiger partial charge in [0, 0.05) is 11.9 Å². The average Bonchev–Trinajstić information content (AvgIpc) is 2.47.